The number of amides is 2. The first-order chi connectivity index (χ1) is 13.3. The highest BCUT2D eigenvalue weighted by atomic mass is 16.2. The summed E-state index contributed by atoms with van der Waals surface area (Å²) in [5.74, 6) is 0.942. The molecule has 2 amide bonds. The highest BCUT2D eigenvalue weighted by Gasteiger charge is 2.16. The molecule has 4 rings (SSSR count). The monoisotopic (exact) mass is 365 g/mol. The van der Waals surface area contributed by atoms with Crippen molar-refractivity contribution < 1.29 is 4.79 Å². The number of hydrogen-bond donors (Lipinski definition) is 2. The van der Waals surface area contributed by atoms with Gasteiger partial charge in [0, 0.05) is 30.4 Å². The summed E-state index contributed by atoms with van der Waals surface area (Å²) in [6.45, 7) is 2.12. The summed E-state index contributed by atoms with van der Waals surface area (Å²) in [4.78, 5) is 14.5. The Labute approximate surface area is 160 Å². The molecule has 2 fully saturated rings. The minimum Gasteiger partial charge on any atom is -0.355 e. The first kappa shape index (κ1) is 17.8. The summed E-state index contributed by atoms with van der Waals surface area (Å²) in [5, 5.41) is 14.8. The Hall–Kier alpha value is -2.63. The highest BCUT2D eigenvalue weighted by Crippen LogP contribution is 2.23. The van der Waals surface area contributed by atoms with Crippen molar-refractivity contribution in [2.24, 2.45) is 0 Å². The van der Waals surface area contributed by atoms with E-state index in [0.717, 1.165) is 48.7 Å². The van der Waals surface area contributed by atoms with Gasteiger partial charge in [-0.1, -0.05) is 31.4 Å². The second-order valence-electron chi connectivity index (χ2n) is 7.49. The number of urea groups is 1. The molecule has 2 aromatic rings. The van der Waals surface area contributed by atoms with E-state index in [4.69, 9.17) is 0 Å². The minimum absolute atomic E-state index is 0.130. The lowest BCUT2D eigenvalue weighted by Gasteiger charge is -2.22. The van der Waals surface area contributed by atoms with Gasteiger partial charge in [-0.25, -0.2) is 4.79 Å². The average Bonchev–Trinajstić information content (AvgIpc) is 3.24. The van der Waals surface area contributed by atoms with E-state index in [1.807, 2.05) is 36.4 Å². The highest BCUT2D eigenvalue weighted by molar-refractivity contribution is 5.90. The molecule has 1 aliphatic carbocycles. The predicted molar refractivity (Wildman–Crippen MR) is 108 cm³/mol. The van der Waals surface area contributed by atoms with Crippen LogP contribution in [0.5, 0.6) is 0 Å². The SMILES string of the molecule is O=C(Nc1cccc(-c2ccc(N3CCCC3)nn2)c1)NC1CCCCC1. The lowest BCUT2D eigenvalue weighted by Crippen LogP contribution is -2.39. The fourth-order valence-electron chi connectivity index (χ4n) is 3.95. The van der Waals surface area contributed by atoms with E-state index in [-0.39, 0.29) is 6.03 Å². The van der Waals surface area contributed by atoms with Crippen molar-refractivity contribution in [3.8, 4) is 11.3 Å². The molecule has 2 N–H and O–H groups in total. The summed E-state index contributed by atoms with van der Waals surface area (Å²) in [7, 11) is 0. The van der Waals surface area contributed by atoms with E-state index in [2.05, 4.69) is 25.7 Å². The molecule has 1 aromatic heterocycles. The van der Waals surface area contributed by atoms with E-state index in [0.29, 0.717) is 6.04 Å². The van der Waals surface area contributed by atoms with Gasteiger partial charge < -0.3 is 15.5 Å². The van der Waals surface area contributed by atoms with Crippen LogP contribution in [0.1, 0.15) is 44.9 Å². The van der Waals surface area contributed by atoms with Gasteiger partial charge >= 0.3 is 6.03 Å². The normalized spacial score (nSPS) is 17.7. The Morgan fingerprint density at radius 3 is 2.52 bits per heavy atom. The van der Waals surface area contributed by atoms with Crippen molar-refractivity contribution in [1.82, 2.24) is 15.5 Å². The van der Waals surface area contributed by atoms with Crippen molar-refractivity contribution in [2.75, 3.05) is 23.3 Å². The van der Waals surface area contributed by atoms with E-state index in [1.54, 1.807) is 0 Å². The van der Waals surface area contributed by atoms with E-state index in [1.165, 1.54) is 32.1 Å². The molecular weight excluding hydrogens is 338 g/mol. The van der Waals surface area contributed by atoms with Gasteiger partial charge in [-0.2, -0.15) is 0 Å². The second kappa shape index (κ2) is 8.37. The van der Waals surface area contributed by atoms with Gasteiger partial charge in [0.2, 0.25) is 0 Å². The van der Waals surface area contributed by atoms with E-state index >= 15 is 0 Å². The third-order valence-corrected chi connectivity index (χ3v) is 5.44. The van der Waals surface area contributed by atoms with Gasteiger partial charge in [-0.3, -0.25) is 0 Å². The first-order valence-electron chi connectivity index (χ1n) is 10.0. The average molecular weight is 365 g/mol. The number of benzene rings is 1. The molecule has 0 unspecified atom stereocenters. The maximum atomic E-state index is 12.3. The van der Waals surface area contributed by atoms with Crippen LogP contribution in [-0.2, 0) is 0 Å². The summed E-state index contributed by atoms with van der Waals surface area (Å²) >= 11 is 0. The zero-order valence-electron chi connectivity index (χ0n) is 15.7. The summed E-state index contributed by atoms with van der Waals surface area (Å²) in [5.41, 5.74) is 2.53. The third-order valence-electron chi connectivity index (χ3n) is 5.44. The third kappa shape index (κ3) is 4.56. The Morgan fingerprint density at radius 2 is 1.78 bits per heavy atom. The molecule has 1 aromatic carbocycles. The molecule has 1 saturated carbocycles. The fraction of sp³-hybridized carbons (Fsp3) is 0.476. The van der Waals surface area contributed by atoms with Crippen LogP contribution in [0.2, 0.25) is 0 Å². The van der Waals surface area contributed by atoms with E-state index < -0.39 is 0 Å². The van der Waals surface area contributed by atoms with Gasteiger partial charge in [0.1, 0.15) is 0 Å². The second-order valence-corrected chi connectivity index (χ2v) is 7.49. The van der Waals surface area contributed by atoms with Crippen molar-refractivity contribution in [3.63, 3.8) is 0 Å². The van der Waals surface area contributed by atoms with Gasteiger partial charge in [-0.15, -0.1) is 10.2 Å². The number of rotatable bonds is 4. The molecule has 27 heavy (non-hydrogen) atoms. The molecule has 2 heterocycles. The van der Waals surface area contributed by atoms with Crippen LogP contribution < -0.4 is 15.5 Å². The summed E-state index contributed by atoms with van der Waals surface area (Å²) < 4.78 is 0. The number of anilines is 2. The van der Waals surface area contributed by atoms with Crippen LogP contribution in [0.15, 0.2) is 36.4 Å². The lowest BCUT2D eigenvalue weighted by molar-refractivity contribution is 0.244. The molecule has 142 valence electrons. The van der Waals surface area contributed by atoms with Gasteiger partial charge in [0.25, 0.3) is 0 Å². The zero-order chi connectivity index (χ0) is 18.5. The van der Waals surface area contributed by atoms with Crippen LogP contribution in [0.25, 0.3) is 11.3 Å². The molecule has 0 radical (unpaired) electrons. The van der Waals surface area contributed by atoms with Gasteiger partial charge in [0.05, 0.1) is 5.69 Å². The Kier molecular flexibility index (Phi) is 5.51. The maximum Gasteiger partial charge on any atom is 0.319 e. The quantitative estimate of drug-likeness (QED) is 0.852. The molecule has 0 spiro atoms. The van der Waals surface area contributed by atoms with Crippen LogP contribution in [0.4, 0.5) is 16.3 Å². The number of nitrogens with zero attached hydrogens (tertiary/aromatic N) is 3. The molecule has 1 saturated heterocycles. The minimum atomic E-state index is -0.130. The predicted octanol–water partition coefficient (Wildman–Crippen LogP) is 4.20. The topological polar surface area (TPSA) is 70.2 Å². The molecule has 0 atom stereocenters. The van der Waals surface area contributed by atoms with Crippen LogP contribution in [0.3, 0.4) is 0 Å². The Morgan fingerprint density at radius 1 is 0.963 bits per heavy atom. The standard InChI is InChI=1S/C21H27N5O/c27-21(22-17-8-2-1-3-9-17)23-18-10-6-7-16(15-18)19-11-12-20(25-24-19)26-13-4-5-14-26/h6-7,10-12,15,17H,1-5,8-9,13-14H2,(H2,22,23,27). The molecule has 6 nitrogen and oxygen atoms in total. The van der Waals surface area contributed by atoms with Crippen LogP contribution in [-0.4, -0.2) is 35.4 Å². The number of nitrogens with one attached hydrogen (secondary N) is 2. The van der Waals surface area contributed by atoms with Crippen LogP contribution >= 0.6 is 0 Å². The Balaban J connectivity index is 1.40. The number of aromatic nitrogens is 2. The van der Waals surface area contributed by atoms with Crippen molar-refractivity contribution in [1.29, 1.82) is 0 Å². The summed E-state index contributed by atoms with van der Waals surface area (Å²) in [6, 6.07) is 12.0. The first-order valence-corrected chi connectivity index (χ1v) is 10.0. The molecule has 2 aliphatic rings. The van der Waals surface area contributed by atoms with Crippen molar-refractivity contribution in [2.45, 2.75) is 51.0 Å². The largest absolute Gasteiger partial charge is 0.355 e. The lowest BCUT2D eigenvalue weighted by atomic mass is 9.96. The van der Waals surface area contributed by atoms with Gasteiger partial charge in [0.15, 0.2) is 5.82 Å². The molecule has 1 aliphatic heterocycles. The van der Waals surface area contributed by atoms with Crippen molar-refractivity contribution in [3.05, 3.63) is 36.4 Å². The number of carbonyl (C=O) groups excluding carboxylic acids is 1. The molecule has 0 bridgehead atoms. The van der Waals surface area contributed by atoms with Crippen molar-refractivity contribution >= 4 is 17.5 Å². The molecule has 6 heteroatoms. The van der Waals surface area contributed by atoms with Crippen LogP contribution in [0, 0.1) is 0 Å². The van der Waals surface area contributed by atoms with Gasteiger partial charge in [-0.05, 0) is 49.9 Å². The number of carbonyl (C=O) groups is 1. The van der Waals surface area contributed by atoms with E-state index in [9.17, 15) is 4.79 Å². The number of hydrogen-bond acceptors (Lipinski definition) is 4. The summed E-state index contributed by atoms with van der Waals surface area (Å²) in [6.07, 6.45) is 8.28. The Bertz CT molecular complexity index is 764. The smallest absolute Gasteiger partial charge is 0.319 e. The fourth-order valence-corrected chi connectivity index (χ4v) is 3.95. The molecular formula is C21H27N5O. The maximum absolute atomic E-state index is 12.3. The zero-order valence-corrected chi connectivity index (χ0v) is 15.7.